The second-order valence-corrected chi connectivity index (χ2v) is 8.93. The van der Waals surface area contributed by atoms with Gasteiger partial charge in [-0.2, -0.15) is 0 Å². The first-order valence-corrected chi connectivity index (χ1v) is 11.1. The van der Waals surface area contributed by atoms with Crippen molar-refractivity contribution in [3.8, 4) is 0 Å². The third-order valence-corrected chi connectivity index (χ3v) is 7.09. The minimum atomic E-state index is 0.111. The molecule has 4 nitrogen and oxygen atoms in total. The van der Waals surface area contributed by atoms with Crippen LogP contribution in [0.15, 0.2) is 61.2 Å². The molecule has 0 saturated heterocycles. The van der Waals surface area contributed by atoms with Gasteiger partial charge in [-0.05, 0) is 79.7 Å². The highest BCUT2D eigenvalue weighted by atomic mass is 16.1. The molecular formula is C26H25N3O. The zero-order chi connectivity index (χ0) is 20.1. The Balaban J connectivity index is 1.27. The summed E-state index contributed by atoms with van der Waals surface area (Å²) in [5.74, 6) is 1.49. The highest BCUT2D eigenvalue weighted by Gasteiger charge is 2.34. The van der Waals surface area contributed by atoms with E-state index >= 15 is 0 Å². The molecule has 2 aliphatic rings. The van der Waals surface area contributed by atoms with Crippen LogP contribution in [0, 0.1) is 5.92 Å². The molecule has 0 spiro atoms. The fraction of sp³-hybridized carbons (Fsp3) is 0.346. The van der Waals surface area contributed by atoms with Gasteiger partial charge in [-0.15, -0.1) is 0 Å². The van der Waals surface area contributed by atoms with E-state index in [4.69, 9.17) is 0 Å². The number of carbonyl (C=O) groups is 1. The number of rotatable bonds is 4. The molecule has 0 atom stereocenters. The number of imidazole rings is 1. The Hall–Kier alpha value is -3.01. The Kier molecular flexibility index (Phi) is 4.19. The number of benzene rings is 1. The number of hydrogen-bond acceptors (Lipinski definition) is 3. The van der Waals surface area contributed by atoms with E-state index < -0.39 is 0 Å². The van der Waals surface area contributed by atoms with Gasteiger partial charge < -0.3 is 0 Å². The van der Waals surface area contributed by atoms with Crippen LogP contribution < -0.4 is 0 Å². The van der Waals surface area contributed by atoms with Crippen molar-refractivity contribution in [3.05, 3.63) is 78.0 Å². The average molecular weight is 396 g/mol. The molecule has 0 bridgehead atoms. The first kappa shape index (κ1) is 17.8. The van der Waals surface area contributed by atoms with Crippen molar-refractivity contribution in [2.24, 2.45) is 5.92 Å². The van der Waals surface area contributed by atoms with Gasteiger partial charge >= 0.3 is 0 Å². The van der Waals surface area contributed by atoms with E-state index in [9.17, 15) is 4.79 Å². The fourth-order valence-corrected chi connectivity index (χ4v) is 5.33. The smallest absolute Gasteiger partial charge is 0.182 e. The van der Waals surface area contributed by atoms with Crippen LogP contribution in [0.1, 0.15) is 72.0 Å². The van der Waals surface area contributed by atoms with Crippen molar-refractivity contribution >= 4 is 22.2 Å². The molecule has 4 heteroatoms. The summed E-state index contributed by atoms with van der Waals surface area (Å²) < 4.78 is 2.03. The Bertz CT molecular complexity index is 1240. The minimum absolute atomic E-state index is 0.111. The Labute approximate surface area is 176 Å². The molecule has 0 unspecified atom stereocenters. The van der Waals surface area contributed by atoms with Gasteiger partial charge in [0.25, 0.3) is 0 Å². The highest BCUT2D eigenvalue weighted by Crippen LogP contribution is 2.44. The van der Waals surface area contributed by atoms with E-state index in [-0.39, 0.29) is 5.92 Å². The van der Waals surface area contributed by atoms with Crippen LogP contribution in [0.25, 0.3) is 16.4 Å². The number of Topliss-reactive ketones (excluding diaryl/α,β-unsaturated/α-hetero) is 1. The lowest BCUT2D eigenvalue weighted by molar-refractivity contribution is 0.0876. The van der Waals surface area contributed by atoms with E-state index in [1.165, 1.54) is 29.4 Å². The van der Waals surface area contributed by atoms with E-state index in [0.29, 0.717) is 17.6 Å². The Morgan fingerprint density at radius 2 is 1.63 bits per heavy atom. The second kappa shape index (κ2) is 7.05. The van der Waals surface area contributed by atoms with Crippen LogP contribution in [0.5, 0.6) is 0 Å². The average Bonchev–Trinajstić information content (AvgIpc) is 3.54. The topological polar surface area (TPSA) is 47.3 Å². The van der Waals surface area contributed by atoms with Crippen molar-refractivity contribution in [1.29, 1.82) is 0 Å². The summed E-state index contributed by atoms with van der Waals surface area (Å²) in [5.41, 5.74) is 5.59. The zero-order valence-electron chi connectivity index (χ0n) is 17.0. The molecule has 0 N–H and O–H groups in total. The molecular weight excluding hydrogens is 370 g/mol. The van der Waals surface area contributed by atoms with Crippen LogP contribution in [0.2, 0.25) is 0 Å². The highest BCUT2D eigenvalue weighted by molar-refractivity contribution is 5.98. The van der Waals surface area contributed by atoms with Gasteiger partial charge in [-0.25, -0.2) is 4.98 Å². The number of carbonyl (C=O) groups excluding carboxylic acids is 1. The minimum Gasteiger partial charge on any atom is -0.296 e. The summed E-state index contributed by atoms with van der Waals surface area (Å²) in [6.45, 7) is 0. The normalized spacial score (nSPS) is 21.9. The van der Waals surface area contributed by atoms with Gasteiger partial charge in [0, 0.05) is 17.5 Å². The van der Waals surface area contributed by atoms with Gasteiger partial charge in [0.15, 0.2) is 5.78 Å². The summed E-state index contributed by atoms with van der Waals surface area (Å²) in [6, 6.07) is 14.8. The van der Waals surface area contributed by atoms with Crippen LogP contribution in [0.4, 0.5) is 0 Å². The largest absolute Gasteiger partial charge is 0.296 e. The maximum Gasteiger partial charge on any atom is 0.182 e. The molecule has 3 aromatic heterocycles. The standard InChI is InChI=1S/C26H25N3O/c30-26(25-22(18-5-6-18)12-11-20-15-27-16-29(20)25)19-9-7-17(8-10-19)21-13-14-28-24-4-2-1-3-23(21)24/h1-4,11-19H,5-10H2. The third kappa shape index (κ3) is 2.94. The molecule has 4 aromatic rings. The van der Waals surface area contributed by atoms with Crippen LogP contribution >= 0.6 is 0 Å². The van der Waals surface area contributed by atoms with Gasteiger partial charge in [-0.3, -0.25) is 14.2 Å². The lowest BCUT2D eigenvalue weighted by atomic mass is 9.75. The van der Waals surface area contributed by atoms with Crippen molar-refractivity contribution in [3.63, 3.8) is 0 Å². The van der Waals surface area contributed by atoms with Gasteiger partial charge in [0.05, 0.1) is 29.3 Å². The van der Waals surface area contributed by atoms with E-state index in [1.807, 2.05) is 29.2 Å². The molecule has 3 heterocycles. The maximum absolute atomic E-state index is 13.7. The molecule has 1 aromatic carbocycles. The van der Waals surface area contributed by atoms with E-state index in [0.717, 1.165) is 42.4 Å². The predicted octanol–water partition coefficient (Wildman–Crippen LogP) is 5.92. The number of nitrogens with zero attached hydrogens (tertiary/aromatic N) is 3. The summed E-state index contributed by atoms with van der Waals surface area (Å²) in [7, 11) is 0. The lowest BCUT2D eigenvalue weighted by Gasteiger charge is -2.29. The van der Waals surface area contributed by atoms with E-state index in [1.54, 1.807) is 0 Å². The first-order valence-electron chi connectivity index (χ1n) is 11.1. The molecule has 0 radical (unpaired) electrons. The summed E-state index contributed by atoms with van der Waals surface area (Å²) in [4.78, 5) is 22.5. The van der Waals surface area contributed by atoms with Crippen molar-refractivity contribution < 1.29 is 4.79 Å². The SMILES string of the molecule is O=C(c1c(C2CC2)ccc2cncn12)C1CCC(c2ccnc3ccccc23)CC1. The number of hydrogen-bond donors (Lipinski definition) is 0. The van der Waals surface area contributed by atoms with Crippen molar-refractivity contribution in [2.75, 3.05) is 0 Å². The quantitative estimate of drug-likeness (QED) is 0.403. The van der Waals surface area contributed by atoms with Crippen LogP contribution in [-0.2, 0) is 0 Å². The Morgan fingerprint density at radius 1 is 0.867 bits per heavy atom. The molecule has 2 aliphatic carbocycles. The third-order valence-electron chi connectivity index (χ3n) is 7.09. The molecule has 0 amide bonds. The number of pyridine rings is 2. The number of ketones is 1. The van der Waals surface area contributed by atoms with Crippen molar-refractivity contribution in [2.45, 2.75) is 50.4 Å². The summed E-state index contributed by atoms with van der Waals surface area (Å²) >= 11 is 0. The molecule has 0 aliphatic heterocycles. The molecule has 6 rings (SSSR count). The van der Waals surface area contributed by atoms with Crippen LogP contribution in [-0.4, -0.2) is 20.2 Å². The van der Waals surface area contributed by atoms with Gasteiger partial charge in [-0.1, -0.05) is 24.3 Å². The fourth-order valence-electron chi connectivity index (χ4n) is 5.33. The predicted molar refractivity (Wildman–Crippen MR) is 118 cm³/mol. The Morgan fingerprint density at radius 3 is 2.47 bits per heavy atom. The molecule has 2 saturated carbocycles. The lowest BCUT2D eigenvalue weighted by Crippen LogP contribution is -2.24. The molecule has 30 heavy (non-hydrogen) atoms. The molecule has 150 valence electrons. The first-order chi connectivity index (χ1) is 14.8. The van der Waals surface area contributed by atoms with Crippen LogP contribution in [0.3, 0.4) is 0 Å². The van der Waals surface area contributed by atoms with Gasteiger partial charge in [0.2, 0.25) is 0 Å². The van der Waals surface area contributed by atoms with E-state index in [2.05, 4.69) is 46.4 Å². The zero-order valence-corrected chi connectivity index (χ0v) is 17.0. The monoisotopic (exact) mass is 395 g/mol. The second-order valence-electron chi connectivity index (χ2n) is 8.93. The van der Waals surface area contributed by atoms with Gasteiger partial charge in [0.1, 0.15) is 0 Å². The number of para-hydroxylation sites is 1. The van der Waals surface area contributed by atoms with Crippen molar-refractivity contribution in [1.82, 2.24) is 14.4 Å². The maximum atomic E-state index is 13.7. The number of aromatic nitrogens is 3. The number of fused-ring (bicyclic) bond motifs is 2. The summed E-state index contributed by atoms with van der Waals surface area (Å²) in [5, 5.41) is 1.26. The molecule has 2 fully saturated rings. The summed E-state index contributed by atoms with van der Waals surface area (Å²) in [6.07, 6.45) is 12.0.